The molecule has 1 aromatic carbocycles. The van der Waals surface area contributed by atoms with Gasteiger partial charge < -0.3 is 14.7 Å². The number of hydrogen-bond donors (Lipinski definition) is 1. The maximum Gasteiger partial charge on any atom is 0.260 e. The fourth-order valence-corrected chi connectivity index (χ4v) is 2.80. The highest BCUT2D eigenvalue weighted by Crippen LogP contribution is 2.23. The summed E-state index contributed by atoms with van der Waals surface area (Å²) in [6, 6.07) is 5.96. The molecule has 4 heteroatoms. The number of carbonyl (C=O) groups excluding carboxylic acids is 1. The second-order valence-corrected chi connectivity index (χ2v) is 6.10. The van der Waals surface area contributed by atoms with Gasteiger partial charge in [-0.2, -0.15) is 0 Å². The molecule has 0 bridgehead atoms. The van der Waals surface area contributed by atoms with Crippen LogP contribution in [0, 0.1) is 6.92 Å². The van der Waals surface area contributed by atoms with E-state index in [2.05, 4.69) is 26.8 Å². The SMILES string of the molecule is Cc1cc(OCC(=O)N2CCCC(O)C2)ccc1C(C)C. The summed E-state index contributed by atoms with van der Waals surface area (Å²) in [4.78, 5) is 13.8. The van der Waals surface area contributed by atoms with Crippen molar-refractivity contribution in [1.29, 1.82) is 0 Å². The fraction of sp³-hybridized carbons (Fsp3) is 0.588. The van der Waals surface area contributed by atoms with Crippen molar-refractivity contribution >= 4 is 5.91 Å². The first-order chi connectivity index (χ1) is 9.97. The monoisotopic (exact) mass is 291 g/mol. The number of benzene rings is 1. The summed E-state index contributed by atoms with van der Waals surface area (Å²) in [5.74, 6) is 1.15. The predicted octanol–water partition coefficient (Wildman–Crippen LogP) is 2.48. The van der Waals surface area contributed by atoms with Crippen LogP contribution in [0.4, 0.5) is 0 Å². The molecule has 116 valence electrons. The summed E-state index contributed by atoms with van der Waals surface area (Å²) in [5.41, 5.74) is 2.48. The molecule has 4 nitrogen and oxygen atoms in total. The highest BCUT2D eigenvalue weighted by molar-refractivity contribution is 5.77. The second-order valence-electron chi connectivity index (χ2n) is 6.10. The molecule has 1 amide bonds. The highest BCUT2D eigenvalue weighted by Gasteiger charge is 2.22. The Morgan fingerprint density at radius 3 is 2.86 bits per heavy atom. The molecule has 1 N–H and O–H groups in total. The molecule has 1 aromatic rings. The summed E-state index contributed by atoms with van der Waals surface area (Å²) in [7, 11) is 0. The molecule has 1 aliphatic heterocycles. The third kappa shape index (κ3) is 4.21. The molecule has 0 radical (unpaired) electrons. The quantitative estimate of drug-likeness (QED) is 0.927. The van der Waals surface area contributed by atoms with Gasteiger partial charge >= 0.3 is 0 Å². The first-order valence-corrected chi connectivity index (χ1v) is 7.66. The topological polar surface area (TPSA) is 49.8 Å². The number of aryl methyl sites for hydroxylation is 1. The van der Waals surface area contributed by atoms with Crippen molar-refractivity contribution < 1.29 is 14.6 Å². The van der Waals surface area contributed by atoms with Gasteiger partial charge in [0.15, 0.2) is 6.61 Å². The minimum absolute atomic E-state index is 0.0349. The fourth-order valence-electron chi connectivity index (χ4n) is 2.80. The molecule has 1 unspecified atom stereocenters. The number of ether oxygens (including phenoxy) is 1. The van der Waals surface area contributed by atoms with Gasteiger partial charge in [0, 0.05) is 13.1 Å². The van der Waals surface area contributed by atoms with Crippen molar-refractivity contribution in [2.45, 2.75) is 45.6 Å². The van der Waals surface area contributed by atoms with Crippen LogP contribution in [0.5, 0.6) is 5.75 Å². The van der Waals surface area contributed by atoms with Crippen molar-refractivity contribution in [3.63, 3.8) is 0 Å². The van der Waals surface area contributed by atoms with Crippen molar-refractivity contribution in [1.82, 2.24) is 4.90 Å². The van der Waals surface area contributed by atoms with Crippen molar-refractivity contribution in [3.05, 3.63) is 29.3 Å². The van der Waals surface area contributed by atoms with Crippen LogP contribution in [0.3, 0.4) is 0 Å². The van der Waals surface area contributed by atoms with E-state index < -0.39 is 6.10 Å². The molecule has 1 fully saturated rings. The predicted molar refractivity (Wildman–Crippen MR) is 82.6 cm³/mol. The van der Waals surface area contributed by atoms with E-state index in [1.165, 1.54) is 11.1 Å². The number of aliphatic hydroxyl groups excluding tert-OH is 1. The van der Waals surface area contributed by atoms with Gasteiger partial charge in [-0.3, -0.25) is 4.79 Å². The van der Waals surface area contributed by atoms with Crippen LogP contribution in [0.2, 0.25) is 0 Å². The van der Waals surface area contributed by atoms with E-state index in [4.69, 9.17) is 4.74 Å². The number of carbonyl (C=O) groups is 1. The Labute approximate surface area is 126 Å². The zero-order valence-electron chi connectivity index (χ0n) is 13.1. The van der Waals surface area contributed by atoms with Crippen molar-refractivity contribution in [2.24, 2.45) is 0 Å². The smallest absolute Gasteiger partial charge is 0.260 e. The van der Waals surface area contributed by atoms with Gasteiger partial charge in [-0.1, -0.05) is 19.9 Å². The molecule has 2 rings (SSSR count). The van der Waals surface area contributed by atoms with Gasteiger partial charge in [0.05, 0.1) is 6.10 Å². The van der Waals surface area contributed by atoms with Gasteiger partial charge in [0.25, 0.3) is 5.91 Å². The summed E-state index contributed by atoms with van der Waals surface area (Å²) in [6.07, 6.45) is 1.24. The molecule has 1 atom stereocenters. The first-order valence-electron chi connectivity index (χ1n) is 7.66. The van der Waals surface area contributed by atoms with Crippen LogP contribution in [0.15, 0.2) is 18.2 Å². The molecule has 0 saturated carbocycles. The van der Waals surface area contributed by atoms with Gasteiger partial charge in [0.1, 0.15) is 5.75 Å². The Bertz CT molecular complexity index is 499. The Kier molecular flexibility index (Phi) is 5.23. The van der Waals surface area contributed by atoms with Crippen LogP contribution in [-0.2, 0) is 4.79 Å². The van der Waals surface area contributed by atoms with Gasteiger partial charge in [-0.15, -0.1) is 0 Å². The van der Waals surface area contributed by atoms with Gasteiger partial charge in [-0.25, -0.2) is 0 Å². The van der Waals surface area contributed by atoms with Gasteiger partial charge in [-0.05, 0) is 48.9 Å². The number of piperidine rings is 1. The van der Waals surface area contributed by atoms with E-state index in [1.807, 2.05) is 12.1 Å². The van der Waals surface area contributed by atoms with E-state index >= 15 is 0 Å². The average Bonchev–Trinajstić information content (AvgIpc) is 2.44. The molecule has 21 heavy (non-hydrogen) atoms. The zero-order chi connectivity index (χ0) is 15.4. The van der Waals surface area contributed by atoms with Crippen LogP contribution < -0.4 is 4.74 Å². The standard InChI is InChI=1S/C17H25NO3/c1-12(2)16-7-6-15(9-13(16)3)21-11-17(20)18-8-4-5-14(19)10-18/h6-7,9,12,14,19H,4-5,8,10-11H2,1-3H3. The third-order valence-corrected chi connectivity index (χ3v) is 3.97. The van der Waals surface area contributed by atoms with Crippen LogP contribution in [-0.4, -0.2) is 41.7 Å². The zero-order valence-corrected chi connectivity index (χ0v) is 13.1. The lowest BCUT2D eigenvalue weighted by atomic mass is 9.98. The van der Waals surface area contributed by atoms with Crippen molar-refractivity contribution in [3.8, 4) is 5.75 Å². The lowest BCUT2D eigenvalue weighted by molar-refractivity contribution is -0.136. The third-order valence-electron chi connectivity index (χ3n) is 3.97. The largest absolute Gasteiger partial charge is 0.484 e. The van der Waals surface area contributed by atoms with Gasteiger partial charge in [0.2, 0.25) is 0 Å². The van der Waals surface area contributed by atoms with E-state index in [9.17, 15) is 9.90 Å². The van der Waals surface area contributed by atoms with Crippen LogP contribution in [0.1, 0.15) is 43.7 Å². The van der Waals surface area contributed by atoms with E-state index in [-0.39, 0.29) is 12.5 Å². The number of nitrogens with zero attached hydrogens (tertiary/aromatic N) is 1. The maximum atomic E-state index is 12.1. The summed E-state index contributed by atoms with van der Waals surface area (Å²) in [5, 5.41) is 9.60. The lowest BCUT2D eigenvalue weighted by Crippen LogP contribution is -2.44. The molecule has 1 saturated heterocycles. The molecule has 0 aliphatic carbocycles. The number of hydrogen-bond acceptors (Lipinski definition) is 3. The number of aliphatic hydroxyl groups is 1. The minimum Gasteiger partial charge on any atom is -0.484 e. The van der Waals surface area contributed by atoms with Crippen molar-refractivity contribution in [2.75, 3.05) is 19.7 Å². The lowest BCUT2D eigenvalue weighted by Gasteiger charge is -2.30. The second kappa shape index (κ2) is 6.94. The number of likely N-dealkylation sites (tertiary alicyclic amines) is 1. The molecule has 1 heterocycles. The molecular formula is C17H25NO3. The highest BCUT2D eigenvalue weighted by atomic mass is 16.5. The van der Waals surface area contributed by atoms with E-state index in [0.717, 1.165) is 18.6 Å². The average molecular weight is 291 g/mol. The summed E-state index contributed by atoms with van der Waals surface area (Å²) in [6.45, 7) is 7.55. The number of amides is 1. The van der Waals surface area contributed by atoms with Crippen LogP contribution >= 0.6 is 0 Å². The molecular weight excluding hydrogens is 266 g/mol. The number of β-amino-alcohol motifs (C(OH)–C–C–N with tert-alkyl or cyclic N) is 1. The molecule has 0 aromatic heterocycles. The molecule has 0 spiro atoms. The maximum absolute atomic E-state index is 12.1. The minimum atomic E-state index is -0.393. The van der Waals surface area contributed by atoms with E-state index in [0.29, 0.717) is 19.0 Å². The Morgan fingerprint density at radius 1 is 1.48 bits per heavy atom. The molecule has 1 aliphatic rings. The Hall–Kier alpha value is -1.55. The summed E-state index contributed by atoms with van der Waals surface area (Å²) < 4.78 is 5.60. The van der Waals surface area contributed by atoms with Crippen LogP contribution in [0.25, 0.3) is 0 Å². The Balaban J connectivity index is 1.90. The number of rotatable bonds is 4. The first kappa shape index (κ1) is 15.8. The Morgan fingerprint density at radius 2 is 2.24 bits per heavy atom. The van der Waals surface area contributed by atoms with E-state index in [1.54, 1.807) is 4.90 Å². The normalized spacial score (nSPS) is 18.9. The summed E-state index contributed by atoms with van der Waals surface area (Å²) >= 11 is 0.